The maximum absolute atomic E-state index is 12.5. The Labute approximate surface area is 129 Å². The standard InChI is InChI=1S/C16H32N2OS/c1-14(2)11-16(14,12-15(3,4)20)13(19)18-10-8-6-5-7-9-17/h20H,5-12,17H2,1-4H3,(H,18,19). The minimum atomic E-state index is -0.213. The van der Waals surface area contributed by atoms with Crippen LogP contribution in [0.3, 0.4) is 0 Å². The van der Waals surface area contributed by atoms with Gasteiger partial charge in [0.2, 0.25) is 5.91 Å². The molecular formula is C16H32N2OS. The van der Waals surface area contributed by atoms with Crippen molar-refractivity contribution in [2.45, 2.75) is 71.0 Å². The highest BCUT2D eigenvalue weighted by atomic mass is 32.1. The third kappa shape index (κ3) is 4.66. The molecule has 0 aromatic heterocycles. The largest absolute Gasteiger partial charge is 0.356 e. The summed E-state index contributed by atoms with van der Waals surface area (Å²) >= 11 is 4.62. The second-order valence-electron chi connectivity index (χ2n) is 7.59. The molecule has 0 aromatic carbocycles. The van der Waals surface area contributed by atoms with Gasteiger partial charge in [-0.05, 0) is 37.6 Å². The van der Waals surface area contributed by atoms with Gasteiger partial charge in [0.05, 0.1) is 5.41 Å². The van der Waals surface area contributed by atoms with E-state index < -0.39 is 0 Å². The van der Waals surface area contributed by atoms with Crippen molar-refractivity contribution in [3.63, 3.8) is 0 Å². The van der Waals surface area contributed by atoms with Gasteiger partial charge in [0, 0.05) is 11.3 Å². The number of unbranched alkanes of at least 4 members (excludes halogenated alkanes) is 3. The van der Waals surface area contributed by atoms with Crippen molar-refractivity contribution in [1.29, 1.82) is 0 Å². The normalized spacial score (nSPS) is 24.5. The Morgan fingerprint density at radius 1 is 1.25 bits per heavy atom. The molecule has 1 aliphatic carbocycles. The lowest BCUT2D eigenvalue weighted by molar-refractivity contribution is -0.128. The molecule has 1 fully saturated rings. The van der Waals surface area contributed by atoms with Crippen LogP contribution in [-0.2, 0) is 4.79 Å². The van der Waals surface area contributed by atoms with Crippen LogP contribution in [0.25, 0.3) is 0 Å². The van der Waals surface area contributed by atoms with E-state index in [1.165, 1.54) is 0 Å². The maximum atomic E-state index is 12.5. The number of hydrogen-bond donors (Lipinski definition) is 3. The van der Waals surface area contributed by atoms with Crippen LogP contribution in [-0.4, -0.2) is 23.7 Å². The van der Waals surface area contributed by atoms with Crippen LogP contribution in [0.15, 0.2) is 0 Å². The number of amides is 1. The van der Waals surface area contributed by atoms with Crippen molar-refractivity contribution in [2.24, 2.45) is 16.6 Å². The van der Waals surface area contributed by atoms with Crippen molar-refractivity contribution in [2.75, 3.05) is 13.1 Å². The summed E-state index contributed by atoms with van der Waals surface area (Å²) in [4.78, 5) is 12.5. The van der Waals surface area contributed by atoms with E-state index >= 15 is 0 Å². The summed E-state index contributed by atoms with van der Waals surface area (Å²) < 4.78 is -0.105. The fraction of sp³-hybridized carbons (Fsp3) is 0.938. The summed E-state index contributed by atoms with van der Waals surface area (Å²) in [6.45, 7) is 10.1. The summed E-state index contributed by atoms with van der Waals surface area (Å²) in [5.74, 6) is 0.225. The topological polar surface area (TPSA) is 55.1 Å². The van der Waals surface area contributed by atoms with E-state index in [-0.39, 0.29) is 21.5 Å². The van der Waals surface area contributed by atoms with Gasteiger partial charge in [-0.3, -0.25) is 4.79 Å². The number of rotatable bonds is 9. The van der Waals surface area contributed by atoms with Crippen LogP contribution in [0.5, 0.6) is 0 Å². The number of hydrogen-bond acceptors (Lipinski definition) is 3. The first-order valence-electron chi connectivity index (χ1n) is 7.85. The van der Waals surface area contributed by atoms with Gasteiger partial charge in [-0.25, -0.2) is 0 Å². The van der Waals surface area contributed by atoms with Gasteiger partial charge in [0.15, 0.2) is 0 Å². The molecule has 3 N–H and O–H groups in total. The second-order valence-corrected chi connectivity index (χ2v) is 8.80. The number of thiol groups is 1. The van der Waals surface area contributed by atoms with Crippen molar-refractivity contribution < 1.29 is 4.79 Å². The monoisotopic (exact) mass is 300 g/mol. The molecular weight excluding hydrogens is 268 g/mol. The first-order valence-corrected chi connectivity index (χ1v) is 8.30. The van der Waals surface area contributed by atoms with Crippen LogP contribution in [0, 0.1) is 10.8 Å². The molecule has 118 valence electrons. The average molecular weight is 301 g/mol. The number of nitrogens with one attached hydrogen (secondary N) is 1. The predicted octanol–water partition coefficient (Wildman–Crippen LogP) is 3.14. The second kappa shape index (κ2) is 6.69. The molecule has 1 rings (SSSR count). The minimum Gasteiger partial charge on any atom is -0.356 e. The Morgan fingerprint density at radius 2 is 1.80 bits per heavy atom. The molecule has 0 aliphatic heterocycles. The summed E-state index contributed by atoms with van der Waals surface area (Å²) in [6.07, 6.45) is 6.25. The molecule has 0 heterocycles. The average Bonchev–Trinajstić information content (AvgIpc) is 2.83. The Balaban J connectivity index is 2.40. The third-order valence-corrected chi connectivity index (χ3v) is 4.66. The molecule has 3 nitrogen and oxygen atoms in total. The smallest absolute Gasteiger partial charge is 0.226 e. The lowest BCUT2D eigenvalue weighted by Crippen LogP contribution is -2.38. The SMILES string of the molecule is CC(C)(S)CC1(C(=O)NCCCCCCN)CC1(C)C. The van der Waals surface area contributed by atoms with Gasteiger partial charge in [-0.2, -0.15) is 12.6 Å². The van der Waals surface area contributed by atoms with E-state index in [0.29, 0.717) is 0 Å². The van der Waals surface area contributed by atoms with Gasteiger partial charge >= 0.3 is 0 Å². The van der Waals surface area contributed by atoms with E-state index in [0.717, 1.165) is 51.6 Å². The van der Waals surface area contributed by atoms with Crippen LogP contribution in [0.4, 0.5) is 0 Å². The van der Waals surface area contributed by atoms with Gasteiger partial charge in [0.25, 0.3) is 0 Å². The van der Waals surface area contributed by atoms with Gasteiger partial charge in [-0.15, -0.1) is 0 Å². The Bertz CT molecular complexity index is 336. The fourth-order valence-corrected chi connectivity index (χ4v) is 3.48. The van der Waals surface area contributed by atoms with Crippen LogP contribution < -0.4 is 11.1 Å². The molecule has 20 heavy (non-hydrogen) atoms. The number of carbonyl (C=O) groups is 1. The number of carbonyl (C=O) groups excluding carboxylic acids is 1. The van der Waals surface area contributed by atoms with Gasteiger partial charge in [-0.1, -0.05) is 40.5 Å². The van der Waals surface area contributed by atoms with Crippen LogP contribution >= 0.6 is 12.6 Å². The lowest BCUT2D eigenvalue weighted by Gasteiger charge is -2.27. The minimum absolute atomic E-state index is 0.105. The highest BCUT2D eigenvalue weighted by Crippen LogP contribution is 2.67. The summed E-state index contributed by atoms with van der Waals surface area (Å²) in [7, 11) is 0. The molecule has 0 bridgehead atoms. The van der Waals surface area contributed by atoms with E-state index in [1.807, 2.05) is 0 Å². The molecule has 1 amide bonds. The highest BCUT2D eigenvalue weighted by molar-refractivity contribution is 7.81. The molecule has 1 aliphatic rings. The Hall–Kier alpha value is -0.220. The molecule has 0 aromatic rings. The van der Waals surface area contributed by atoms with E-state index in [1.54, 1.807) is 0 Å². The summed E-state index contributed by atoms with van der Waals surface area (Å²) in [5.41, 5.74) is 5.36. The zero-order chi connectivity index (χ0) is 15.4. The zero-order valence-corrected chi connectivity index (χ0v) is 14.5. The summed E-state index contributed by atoms with van der Waals surface area (Å²) in [5, 5.41) is 3.14. The quantitative estimate of drug-likeness (QED) is 0.452. The Morgan fingerprint density at radius 3 is 2.25 bits per heavy atom. The first-order chi connectivity index (χ1) is 9.15. The molecule has 1 atom stereocenters. The first kappa shape index (κ1) is 17.8. The van der Waals surface area contributed by atoms with Crippen molar-refractivity contribution in [3.05, 3.63) is 0 Å². The summed E-state index contributed by atoms with van der Waals surface area (Å²) in [6, 6.07) is 0. The van der Waals surface area contributed by atoms with Gasteiger partial charge < -0.3 is 11.1 Å². The lowest BCUT2D eigenvalue weighted by atomic mass is 9.85. The van der Waals surface area contributed by atoms with Crippen molar-refractivity contribution in [1.82, 2.24) is 5.32 Å². The van der Waals surface area contributed by atoms with Crippen LogP contribution in [0.2, 0.25) is 0 Å². The zero-order valence-electron chi connectivity index (χ0n) is 13.6. The third-order valence-electron chi connectivity index (χ3n) is 4.50. The highest BCUT2D eigenvalue weighted by Gasteiger charge is 2.66. The van der Waals surface area contributed by atoms with E-state index in [9.17, 15) is 4.79 Å². The maximum Gasteiger partial charge on any atom is 0.226 e. The van der Waals surface area contributed by atoms with Crippen LogP contribution in [0.1, 0.15) is 66.2 Å². The molecule has 4 heteroatoms. The molecule has 1 saturated carbocycles. The van der Waals surface area contributed by atoms with Crippen molar-refractivity contribution >= 4 is 18.5 Å². The predicted molar refractivity (Wildman–Crippen MR) is 89.0 cm³/mol. The molecule has 1 unspecified atom stereocenters. The van der Waals surface area contributed by atoms with E-state index in [2.05, 4.69) is 45.6 Å². The molecule has 0 saturated heterocycles. The Kier molecular flexibility index (Phi) is 5.97. The fourth-order valence-electron chi connectivity index (χ4n) is 3.21. The number of nitrogens with two attached hydrogens (primary N) is 1. The molecule has 0 spiro atoms. The van der Waals surface area contributed by atoms with Gasteiger partial charge in [0.1, 0.15) is 0 Å². The molecule has 0 radical (unpaired) electrons. The van der Waals surface area contributed by atoms with Crippen molar-refractivity contribution in [3.8, 4) is 0 Å². The van der Waals surface area contributed by atoms with E-state index in [4.69, 9.17) is 5.73 Å².